The zero-order valence-corrected chi connectivity index (χ0v) is 6.17. The fourth-order valence-electron chi connectivity index (χ4n) is 0.872. The van der Waals surface area contributed by atoms with Gasteiger partial charge in [0.2, 0.25) is 0 Å². The van der Waals surface area contributed by atoms with Gasteiger partial charge in [-0.25, -0.2) is 4.98 Å². The molecule has 3 nitrogen and oxygen atoms in total. The Labute approximate surface area is 67.2 Å². The minimum Gasteiger partial charge on any atom is -0.505 e. The van der Waals surface area contributed by atoms with Crippen LogP contribution in [0.5, 0.6) is 5.75 Å². The van der Waals surface area contributed by atoms with E-state index < -0.39 is 0 Å². The molecule has 0 radical (unpaired) electrons. The summed E-state index contributed by atoms with van der Waals surface area (Å²) in [5.41, 5.74) is 1.07. The lowest BCUT2D eigenvalue weighted by Crippen LogP contribution is -1.74. The van der Waals surface area contributed by atoms with Crippen molar-refractivity contribution in [1.29, 1.82) is 0 Å². The van der Waals surface area contributed by atoms with Gasteiger partial charge < -0.3 is 9.52 Å². The zero-order valence-electron chi connectivity index (χ0n) is 5.41. The average molecular weight is 170 g/mol. The molecule has 1 N–H and O–H groups in total. The maximum absolute atomic E-state index is 9.08. The van der Waals surface area contributed by atoms with Gasteiger partial charge in [0, 0.05) is 6.07 Å². The molecule has 0 fully saturated rings. The van der Waals surface area contributed by atoms with Crippen LogP contribution >= 0.6 is 11.6 Å². The van der Waals surface area contributed by atoms with Crippen LogP contribution in [0.25, 0.3) is 11.1 Å². The normalized spacial score (nSPS) is 10.6. The second-order valence-electron chi connectivity index (χ2n) is 2.09. The van der Waals surface area contributed by atoms with E-state index in [0.717, 1.165) is 0 Å². The number of hydrogen-bond donors (Lipinski definition) is 1. The van der Waals surface area contributed by atoms with Crippen molar-refractivity contribution in [2.75, 3.05) is 0 Å². The van der Waals surface area contributed by atoms with Gasteiger partial charge in [0.05, 0.1) is 12.5 Å². The Morgan fingerprint density at radius 3 is 3.18 bits per heavy atom. The molecule has 0 unspecified atom stereocenters. The summed E-state index contributed by atoms with van der Waals surface area (Å²) in [7, 11) is 0. The molecule has 0 aliphatic rings. The van der Waals surface area contributed by atoms with E-state index in [1.165, 1.54) is 12.5 Å². The topological polar surface area (TPSA) is 46.3 Å². The quantitative estimate of drug-likeness (QED) is 0.658. The molecule has 0 amide bonds. The second kappa shape index (κ2) is 2.13. The van der Waals surface area contributed by atoms with E-state index in [1.807, 2.05) is 0 Å². The molecule has 0 atom stereocenters. The third kappa shape index (κ3) is 0.851. The highest BCUT2D eigenvalue weighted by atomic mass is 35.5. The molecule has 0 spiro atoms. The van der Waals surface area contributed by atoms with E-state index >= 15 is 0 Å². The summed E-state index contributed by atoms with van der Waals surface area (Å²) in [4.78, 5) is 3.87. The number of nitrogens with zero attached hydrogens (tertiary/aromatic N) is 1. The van der Waals surface area contributed by atoms with Crippen molar-refractivity contribution in [2.24, 2.45) is 0 Å². The Bertz CT molecular complexity index is 396. The Morgan fingerprint density at radius 1 is 1.55 bits per heavy atom. The van der Waals surface area contributed by atoms with Crippen molar-refractivity contribution in [3.8, 4) is 5.75 Å². The summed E-state index contributed by atoms with van der Waals surface area (Å²) in [6.07, 6.45) is 2.77. The Morgan fingerprint density at radius 2 is 2.36 bits per heavy atom. The van der Waals surface area contributed by atoms with Gasteiger partial charge in [-0.3, -0.25) is 0 Å². The second-order valence-corrected chi connectivity index (χ2v) is 2.47. The molecule has 0 aliphatic heterocycles. The number of halogens is 1. The van der Waals surface area contributed by atoms with Gasteiger partial charge in [0.15, 0.2) is 11.3 Å². The van der Waals surface area contributed by atoms with Crippen LogP contribution in [0, 0.1) is 0 Å². The highest BCUT2D eigenvalue weighted by Crippen LogP contribution is 2.30. The van der Waals surface area contributed by atoms with Crippen molar-refractivity contribution in [1.82, 2.24) is 4.98 Å². The lowest BCUT2D eigenvalue weighted by atomic mass is 10.4. The average Bonchev–Trinajstić information content (AvgIpc) is 2.45. The summed E-state index contributed by atoms with van der Waals surface area (Å²) in [5.74, 6) is -0.0610. The first-order valence-electron chi connectivity index (χ1n) is 2.99. The van der Waals surface area contributed by atoms with E-state index in [2.05, 4.69) is 4.98 Å². The number of pyridine rings is 1. The molecule has 2 heterocycles. The number of furan rings is 1. The molecule has 0 aliphatic carbocycles. The van der Waals surface area contributed by atoms with Crippen LogP contribution in [0.3, 0.4) is 0 Å². The molecular formula is C7H4ClNO2. The first kappa shape index (κ1) is 6.49. The van der Waals surface area contributed by atoms with E-state index in [0.29, 0.717) is 11.1 Å². The summed E-state index contributed by atoms with van der Waals surface area (Å²) in [5, 5.41) is 9.29. The number of aromatic hydroxyl groups is 1. The molecule has 0 bridgehead atoms. The first-order chi connectivity index (χ1) is 5.29. The maximum Gasteiger partial charge on any atom is 0.174 e. The predicted molar refractivity (Wildman–Crippen MR) is 40.7 cm³/mol. The molecule has 56 valence electrons. The minimum absolute atomic E-state index is 0.0610. The van der Waals surface area contributed by atoms with Gasteiger partial charge in [-0.2, -0.15) is 0 Å². The van der Waals surface area contributed by atoms with Gasteiger partial charge in [-0.05, 0) is 0 Å². The molecule has 0 saturated carbocycles. The first-order valence-corrected chi connectivity index (χ1v) is 3.37. The highest BCUT2D eigenvalue weighted by molar-refractivity contribution is 6.36. The van der Waals surface area contributed by atoms with Crippen LogP contribution in [0.4, 0.5) is 0 Å². The lowest BCUT2D eigenvalue weighted by molar-refractivity contribution is 0.472. The van der Waals surface area contributed by atoms with Crippen molar-refractivity contribution in [3.63, 3.8) is 0 Å². The predicted octanol–water partition coefficient (Wildman–Crippen LogP) is 2.19. The van der Waals surface area contributed by atoms with Crippen LogP contribution in [0.2, 0.25) is 5.02 Å². The van der Waals surface area contributed by atoms with Crippen LogP contribution in [-0.2, 0) is 0 Å². The monoisotopic (exact) mass is 169 g/mol. The summed E-state index contributed by atoms with van der Waals surface area (Å²) >= 11 is 5.68. The standard InChI is InChI=1S/C7H4ClNO2/c8-6-5(10)3-9-4-1-2-11-7(4)6/h1-3,10H. The number of hydrogen-bond acceptors (Lipinski definition) is 3. The van der Waals surface area contributed by atoms with Crippen LogP contribution < -0.4 is 0 Å². The van der Waals surface area contributed by atoms with Gasteiger partial charge in [0.1, 0.15) is 10.5 Å². The Kier molecular flexibility index (Phi) is 1.26. The van der Waals surface area contributed by atoms with E-state index in [1.54, 1.807) is 6.07 Å². The smallest absolute Gasteiger partial charge is 0.174 e. The molecule has 2 aromatic heterocycles. The Hall–Kier alpha value is -1.22. The van der Waals surface area contributed by atoms with Crippen molar-refractivity contribution < 1.29 is 9.52 Å². The lowest BCUT2D eigenvalue weighted by Gasteiger charge is -1.93. The minimum atomic E-state index is -0.0610. The molecule has 2 aromatic rings. The van der Waals surface area contributed by atoms with Gasteiger partial charge >= 0.3 is 0 Å². The SMILES string of the molecule is Oc1cnc2ccoc2c1Cl. The third-order valence-electron chi connectivity index (χ3n) is 1.39. The van der Waals surface area contributed by atoms with Crippen LogP contribution in [0.15, 0.2) is 22.9 Å². The van der Waals surface area contributed by atoms with Crippen molar-refractivity contribution in [3.05, 3.63) is 23.5 Å². The zero-order chi connectivity index (χ0) is 7.84. The number of aromatic nitrogens is 1. The fourth-order valence-corrected chi connectivity index (χ4v) is 1.06. The maximum atomic E-state index is 9.08. The highest BCUT2D eigenvalue weighted by Gasteiger charge is 2.07. The van der Waals surface area contributed by atoms with Crippen molar-refractivity contribution in [2.45, 2.75) is 0 Å². The van der Waals surface area contributed by atoms with Crippen LogP contribution in [0.1, 0.15) is 0 Å². The summed E-state index contributed by atoms with van der Waals surface area (Å²) < 4.78 is 4.98. The van der Waals surface area contributed by atoms with Crippen molar-refractivity contribution >= 4 is 22.7 Å². The van der Waals surface area contributed by atoms with Gasteiger partial charge in [0.25, 0.3) is 0 Å². The molecule has 4 heteroatoms. The molecule has 0 saturated heterocycles. The molecule has 11 heavy (non-hydrogen) atoms. The van der Waals surface area contributed by atoms with Gasteiger partial charge in [-0.15, -0.1) is 0 Å². The Balaban J connectivity index is 2.93. The van der Waals surface area contributed by atoms with E-state index in [-0.39, 0.29) is 10.8 Å². The largest absolute Gasteiger partial charge is 0.505 e. The van der Waals surface area contributed by atoms with Gasteiger partial charge in [-0.1, -0.05) is 11.6 Å². The molecule has 2 rings (SSSR count). The number of rotatable bonds is 0. The molecule has 0 aromatic carbocycles. The number of fused-ring (bicyclic) bond motifs is 1. The third-order valence-corrected chi connectivity index (χ3v) is 1.76. The van der Waals surface area contributed by atoms with Crippen LogP contribution in [-0.4, -0.2) is 10.1 Å². The van der Waals surface area contributed by atoms with E-state index in [4.69, 9.17) is 21.1 Å². The molecular weight excluding hydrogens is 166 g/mol. The summed E-state index contributed by atoms with van der Waals surface area (Å²) in [6, 6.07) is 1.68. The fraction of sp³-hybridized carbons (Fsp3) is 0. The summed E-state index contributed by atoms with van der Waals surface area (Å²) in [6.45, 7) is 0. The van der Waals surface area contributed by atoms with E-state index in [9.17, 15) is 0 Å².